The van der Waals surface area contributed by atoms with Crippen molar-refractivity contribution in [1.29, 1.82) is 0 Å². The molecule has 0 bridgehead atoms. The molecule has 1 aromatic carbocycles. The second-order valence-electron chi connectivity index (χ2n) is 3.50. The summed E-state index contributed by atoms with van der Waals surface area (Å²) in [6, 6.07) is 6.82. The number of rotatable bonds is 2. The van der Waals surface area contributed by atoms with Crippen molar-refractivity contribution in [1.82, 2.24) is 0 Å². The van der Waals surface area contributed by atoms with Gasteiger partial charge in [0.05, 0.1) is 6.61 Å². The van der Waals surface area contributed by atoms with Gasteiger partial charge in [0, 0.05) is 11.7 Å². The highest BCUT2D eigenvalue weighted by atomic mass is 16.5. The Kier molecular flexibility index (Phi) is 2.13. The summed E-state index contributed by atoms with van der Waals surface area (Å²) in [4.78, 5) is 0. The van der Waals surface area contributed by atoms with Crippen LogP contribution < -0.4 is 10.1 Å². The molecule has 0 fully saturated rings. The van der Waals surface area contributed by atoms with Gasteiger partial charge in [-0.25, -0.2) is 0 Å². The molecule has 2 nitrogen and oxygen atoms in total. The fourth-order valence-electron chi connectivity index (χ4n) is 1.78. The van der Waals surface area contributed by atoms with Gasteiger partial charge in [-0.3, -0.25) is 0 Å². The molecule has 1 atom stereocenters. The lowest BCUT2D eigenvalue weighted by Gasteiger charge is -2.05. The first-order valence-electron chi connectivity index (χ1n) is 4.82. The van der Waals surface area contributed by atoms with Crippen LogP contribution in [0.1, 0.15) is 19.4 Å². The van der Waals surface area contributed by atoms with E-state index < -0.39 is 0 Å². The molecule has 0 radical (unpaired) electrons. The molecule has 0 aromatic heterocycles. The third-order valence-electron chi connectivity index (χ3n) is 2.32. The van der Waals surface area contributed by atoms with E-state index in [0.29, 0.717) is 6.04 Å². The molecule has 1 aromatic rings. The minimum absolute atomic E-state index is 0.562. The number of nitrogens with one attached hydrogen (secondary N) is 1. The van der Waals surface area contributed by atoms with Crippen LogP contribution >= 0.6 is 0 Å². The van der Waals surface area contributed by atoms with E-state index in [0.717, 1.165) is 18.8 Å². The fourth-order valence-corrected chi connectivity index (χ4v) is 1.78. The minimum atomic E-state index is 0.562. The van der Waals surface area contributed by atoms with Crippen LogP contribution in [-0.2, 0) is 6.42 Å². The Morgan fingerprint density at radius 1 is 1.54 bits per heavy atom. The number of ether oxygens (including phenoxy) is 1. The highest BCUT2D eigenvalue weighted by molar-refractivity contribution is 5.58. The number of hydrogen-bond donors (Lipinski definition) is 1. The Hall–Kier alpha value is -1.18. The standard InChI is InChI=1S/C11H15NO/c1-3-13-10-4-5-11-9(7-10)6-8(2)12-11/h4-5,7-8,12H,3,6H2,1-2H3. The lowest BCUT2D eigenvalue weighted by Crippen LogP contribution is -2.08. The molecule has 70 valence electrons. The van der Waals surface area contributed by atoms with E-state index in [2.05, 4.69) is 24.4 Å². The van der Waals surface area contributed by atoms with Gasteiger partial charge in [-0.2, -0.15) is 0 Å². The normalized spacial score (nSPS) is 19.4. The molecule has 2 rings (SSSR count). The van der Waals surface area contributed by atoms with Crippen LogP contribution in [0.5, 0.6) is 5.75 Å². The van der Waals surface area contributed by atoms with Gasteiger partial charge in [0.1, 0.15) is 5.75 Å². The number of hydrogen-bond acceptors (Lipinski definition) is 2. The summed E-state index contributed by atoms with van der Waals surface area (Å²) in [6.07, 6.45) is 1.11. The third kappa shape index (κ3) is 1.62. The molecule has 2 heteroatoms. The Balaban J connectivity index is 2.24. The zero-order valence-corrected chi connectivity index (χ0v) is 8.13. The summed E-state index contributed by atoms with van der Waals surface area (Å²) in [5.41, 5.74) is 2.63. The average molecular weight is 177 g/mol. The summed E-state index contributed by atoms with van der Waals surface area (Å²) in [6.45, 7) is 4.94. The summed E-state index contributed by atoms with van der Waals surface area (Å²) >= 11 is 0. The zero-order chi connectivity index (χ0) is 9.26. The van der Waals surface area contributed by atoms with Crippen LogP contribution in [0.4, 0.5) is 5.69 Å². The van der Waals surface area contributed by atoms with Crippen molar-refractivity contribution in [2.75, 3.05) is 11.9 Å². The topological polar surface area (TPSA) is 21.3 Å². The second kappa shape index (κ2) is 3.29. The Bertz CT molecular complexity index is 309. The molecule has 1 unspecified atom stereocenters. The van der Waals surface area contributed by atoms with Gasteiger partial charge in [0.2, 0.25) is 0 Å². The number of fused-ring (bicyclic) bond motifs is 1. The molecular weight excluding hydrogens is 162 g/mol. The lowest BCUT2D eigenvalue weighted by molar-refractivity contribution is 0.340. The SMILES string of the molecule is CCOc1ccc2c(c1)CC(C)N2. The van der Waals surface area contributed by atoms with E-state index in [4.69, 9.17) is 4.74 Å². The van der Waals surface area contributed by atoms with E-state index >= 15 is 0 Å². The van der Waals surface area contributed by atoms with Gasteiger partial charge in [0.25, 0.3) is 0 Å². The van der Waals surface area contributed by atoms with Crippen molar-refractivity contribution >= 4 is 5.69 Å². The van der Waals surface area contributed by atoms with Gasteiger partial charge in [0.15, 0.2) is 0 Å². The van der Waals surface area contributed by atoms with Gasteiger partial charge in [-0.15, -0.1) is 0 Å². The van der Waals surface area contributed by atoms with Crippen LogP contribution in [0.25, 0.3) is 0 Å². The van der Waals surface area contributed by atoms with Crippen molar-refractivity contribution in [2.24, 2.45) is 0 Å². The first-order valence-corrected chi connectivity index (χ1v) is 4.82. The fraction of sp³-hybridized carbons (Fsp3) is 0.455. The minimum Gasteiger partial charge on any atom is -0.494 e. The predicted octanol–water partition coefficient (Wildman–Crippen LogP) is 2.44. The maximum Gasteiger partial charge on any atom is 0.119 e. The van der Waals surface area contributed by atoms with E-state index in [1.165, 1.54) is 11.3 Å². The largest absolute Gasteiger partial charge is 0.494 e. The monoisotopic (exact) mass is 177 g/mol. The quantitative estimate of drug-likeness (QED) is 0.749. The van der Waals surface area contributed by atoms with Crippen molar-refractivity contribution < 1.29 is 4.74 Å². The van der Waals surface area contributed by atoms with E-state index in [-0.39, 0.29) is 0 Å². The Morgan fingerprint density at radius 3 is 3.15 bits per heavy atom. The molecule has 0 aliphatic carbocycles. The molecule has 13 heavy (non-hydrogen) atoms. The van der Waals surface area contributed by atoms with Crippen LogP contribution in [0.3, 0.4) is 0 Å². The second-order valence-corrected chi connectivity index (χ2v) is 3.50. The third-order valence-corrected chi connectivity index (χ3v) is 2.32. The maximum absolute atomic E-state index is 5.44. The molecule has 0 amide bonds. The number of anilines is 1. The Morgan fingerprint density at radius 2 is 2.38 bits per heavy atom. The highest BCUT2D eigenvalue weighted by Gasteiger charge is 2.16. The van der Waals surface area contributed by atoms with Gasteiger partial charge in [-0.05, 0) is 44.0 Å². The zero-order valence-electron chi connectivity index (χ0n) is 8.13. The molecule has 1 heterocycles. The van der Waals surface area contributed by atoms with E-state index in [9.17, 15) is 0 Å². The molecule has 1 N–H and O–H groups in total. The van der Waals surface area contributed by atoms with Crippen molar-refractivity contribution in [2.45, 2.75) is 26.3 Å². The van der Waals surface area contributed by atoms with E-state index in [1.54, 1.807) is 0 Å². The molecule has 0 spiro atoms. The van der Waals surface area contributed by atoms with Crippen molar-refractivity contribution in [3.05, 3.63) is 23.8 Å². The lowest BCUT2D eigenvalue weighted by atomic mass is 10.1. The maximum atomic E-state index is 5.44. The molecule has 0 saturated heterocycles. The van der Waals surface area contributed by atoms with Crippen LogP contribution in [0, 0.1) is 0 Å². The predicted molar refractivity (Wildman–Crippen MR) is 54.4 cm³/mol. The van der Waals surface area contributed by atoms with Crippen molar-refractivity contribution in [3.63, 3.8) is 0 Å². The number of benzene rings is 1. The van der Waals surface area contributed by atoms with Crippen LogP contribution in [0.15, 0.2) is 18.2 Å². The van der Waals surface area contributed by atoms with E-state index in [1.807, 2.05) is 13.0 Å². The van der Waals surface area contributed by atoms with Crippen LogP contribution in [0.2, 0.25) is 0 Å². The summed E-state index contributed by atoms with van der Waals surface area (Å²) in [5.74, 6) is 0.983. The van der Waals surface area contributed by atoms with Crippen LogP contribution in [-0.4, -0.2) is 12.6 Å². The van der Waals surface area contributed by atoms with Gasteiger partial charge < -0.3 is 10.1 Å². The van der Waals surface area contributed by atoms with Gasteiger partial charge >= 0.3 is 0 Å². The van der Waals surface area contributed by atoms with Gasteiger partial charge in [-0.1, -0.05) is 0 Å². The highest BCUT2D eigenvalue weighted by Crippen LogP contribution is 2.29. The first-order chi connectivity index (χ1) is 6.29. The summed E-state index contributed by atoms with van der Waals surface area (Å²) in [7, 11) is 0. The molecule has 1 aliphatic heterocycles. The van der Waals surface area contributed by atoms with Crippen molar-refractivity contribution in [3.8, 4) is 5.75 Å². The molecular formula is C11H15NO. The smallest absolute Gasteiger partial charge is 0.119 e. The summed E-state index contributed by atoms with van der Waals surface area (Å²) in [5, 5.41) is 3.41. The molecule has 0 saturated carbocycles. The Labute approximate surface area is 78.9 Å². The molecule has 1 aliphatic rings. The average Bonchev–Trinajstić information content (AvgIpc) is 2.44. The summed E-state index contributed by atoms with van der Waals surface area (Å²) < 4.78 is 5.44. The first kappa shape index (κ1) is 8.42.